The largest absolute Gasteiger partial charge is 0.444 e. The number of nitrogens with one attached hydrogen (secondary N) is 1. The van der Waals surface area contributed by atoms with E-state index in [0.29, 0.717) is 43.5 Å². The van der Waals surface area contributed by atoms with Crippen LogP contribution in [0, 0.1) is 11.3 Å². The first-order valence-corrected chi connectivity index (χ1v) is 11.5. The van der Waals surface area contributed by atoms with E-state index in [9.17, 15) is 4.79 Å². The molecule has 0 saturated carbocycles. The third-order valence-electron chi connectivity index (χ3n) is 4.90. The minimum atomic E-state index is -0.521. The quantitative estimate of drug-likeness (QED) is 0.611. The zero-order chi connectivity index (χ0) is 23.4. The number of rotatable bonds is 4. The van der Waals surface area contributed by atoms with Crippen LogP contribution in [0.1, 0.15) is 26.3 Å². The highest BCUT2D eigenvalue weighted by Gasteiger charge is 2.27. The molecule has 9 nitrogen and oxygen atoms in total. The number of ether oxygens (including phenoxy) is 1. The number of hydrogen-bond donors (Lipinski definition) is 1. The molecule has 1 aromatic carbocycles. The fraction of sp³-hybridized carbons (Fsp3) is 0.348. The summed E-state index contributed by atoms with van der Waals surface area (Å²) in [7, 11) is 0. The lowest BCUT2D eigenvalue weighted by Crippen LogP contribution is -2.50. The Hall–Kier alpha value is -3.71. The third-order valence-corrected chi connectivity index (χ3v) is 5.70. The summed E-state index contributed by atoms with van der Waals surface area (Å²) >= 11 is 1.51. The van der Waals surface area contributed by atoms with Gasteiger partial charge in [0.05, 0.1) is 27.7 Å². The number of benzene rings is 1. The average Bonchev–Trinajstić information content (AvgIpc) is 3.33. The summed E-state index contributed by atoms with van der Waals surface area (Å²) in [6.07, 6.45) is 1.48. The molecule has 1 aliphatic rings. The van der Waals surface area contributed by atoms with Gasteiger partial charge in [0.2, 0.25) is 5.95 Å². The van der Waals surface area contributed by atoms with Gasteiger partial charge in [-0.25, -0.2) is 9.78 Å². The van der Waals surface area contributed by atoms with E-state index in [4.69, 9.17) is 20.0 Å². The number of nitrogens with zero attached hydrogens (tertiary/aromatic N) is 6. The Morgan fingerprint density at radius 3 is 2.48 bits per heavy atom. The van der Waals surface area contributed by atoms with Crippen molar-refractivity contribution in [3.05, 3.63) is 47.6 Å². The number of anilines is 3. The van der Waals surface area contributed by atoms with E-state index >= 15 is 0 Å². The molecule has 0 radical (unpaired) electrons. The second-order valence-electron chi connectivity index (χ2n) is 8.57. The van der Waals surface area contributed by atoms with E-state index in [1.54, 1.807) is 28.7 Å². The highest BCUT2D eigenvalue weighted by molar-refractivity contribution is 7.13. The van der Waals surface area contributed by atoms with Crippen LogP contribution in [0.2, 0.25) is 0 Å². The van der Waals surface area contributed by atoms with Crippen LogP contribution in [0.15, 0.2) is 42.0 Å². The summed E-state index contributed by atoms with van der Waals surface area (Å²) in [4.78, 5) is 30.8. The summed E-state index contributed by atoms with van der Waals surface area (Å²) in [6.45, 7) is 7.85. The molecule has 1 saturated heterocycles. The van der Waals surface area contributed by atoms with E-state index < -0.39 is 5.60 Å². The van der Waals surface area contributed by atoms with E-state index in [0.717, 1.165) is 16.3 Å². The molecule has 33 heavy (non-hydrogen) atoms. The second kappa shape index (κ2) is 9.42. The topological polar surface area (TPSA) is 107 Å². The van der Waals surface area contributed by atoms with E-state index in [-0.39, 0.29) is 6.09 Å². The van der Waals surface area contributed by atoms with Gasteiger partial charge in [-0.3, -0.25) is 4.98 Å². The lowest BCUT2D eigenvalue weighted by molar-refractivity contribution is 0.0240. The first-order chi connectivity index (χ1) is 15.8. The molecule has 1 aliphatic heterocycles. The van der Waals surface area contributed by atoms with E-state index in [2.05, 4.69) is 21.3 Å². The van der Waals surface area contributed by atoms with Gasteiger partial charge >= 0.3 is 6.09 Å². The van der Waals surface area contributed by atoms with Crippen LogP contribution < -0.4 is 10.2 Å². The Morgan fingerprint density at radius 1 is 1.15 bits per heavy atom. The van der Waals surface area contributed by atoms with Crippen molar-refractivity contribution >= 4 is 34.9 Å². The van der Waals surface area contributed by atoms with Crippen LogP contribution in [0.4, 0.5) is 22.2 Å². The highest BCUT2D eigenvalue weighted by Crippen LogP contribution is 2.28. The van der Waals surface area contributed by atoms with Crippen molar-refractivity contribution in [3.8, 4) is 16.6 Å². The molecule has 1 N–H and O–H groups in total. The van der Waals surface area contributed by atoms with Gasteiger partial charge in [-0.05, 0) is 45.0 Å². The summed E-state index contributed by atoms with van der Waals surface area (Å²) in [5, 5.41) is 12.3. The molecule has 4 rings (SSSR count). The molecule has 0 spiro atoms. The molecular formula is C23H25N7O2S. The van der Waals surface area contributed by atoms with Gasteiger partial charge in [0, 0.05) is 44.1 Å². The van der Waals surface area contributed by atoms with Crippen LogP contribution >= 0.6 is 11.3 Å². The van der Waals surface area contributed by atoms with Crippen LogP contribution in [0.5, 0.6) is 0 Å². The monoisotopic (exact) mass is 463 g/mol. The maximum atomic E-state index is 12.4. The molecule has 1 amide bonds. The normalized spacial score (nSPS) is 14.0. The molecule has 0 bridgehead atoms. The number of hydrogen-bond acceptors (Lipinski definition) is 9. The second-order valence-corrected chi connectivity index (χ2v) is 9.46. The van der Waals surface area contributed by atoms with Crippen LogP contribution in [-0.2, 0) is 4.74 Å². The molecule has 0 atom stereocenters. The molecule has 0 aliphatic carbocycles. The Bertz CT molecular complexity index is 1140. The lowest BCUT2D eigenvalue weighted by atomic mass is 10.2. The number of carbonyl (C=O) groups excluding carboxylic acids is 1. The van der Waals surface area contributed by atoms with Crippen LogP contribution in [0.3, 0.4) is 0 Å². The number of thiazole rings is 1. The predicted molar refractivity (Wildman–Crippen MR) is 128 cm³/mol. The van der Waals surface area contributed by atoms with Crippen molar-refractivity contribution in [3.63, 3.8) is 0 Å². The molecule has 170 valence electrons. The third kappa shape index (κ3) is 5.75. The first kappa shape index (κ1) is 22.5. The summed E-state index contributed by atoms with van der Waals surface area (Å²) in [5.41, 5.74) is 3.44. The van der Waals surface area contributed by atoms with E-state index in [1.807, 2.05) is 39.0 Å². The predicted octanol–water partition coefficient (Wildman–Crippen LogP) is 4.27. The van der Waals surface area contributed by atoms with Gasteiger partial charge in [-0.1, -0.05) is 0 Å². The first-order valence-electron chi connectivity index (χ1n) is 10.6. The summed E-state index contributed by atoms with van der Waals surface area (Å²) in [5.74, 6) is 1.23. The smallest absolute Gasteiger partial charge is 0.410 e. The fourth-order valence-corrected chi connectivity index (χ4v) is 3.88. The van der Waals surface area contributed by atoms with Crippen molar-refractivity contribution < 1.29 is 9.53 Å². The van der Waals surface area contributed by atoms with E-state index in [1.165, 1.54) is 11.3 Å². The Balaban J connectivity index is 1.54. The summed E-state index contributed by atoms with van der Waals surface area (Å²) in [6, 6.07) is 11.2. The van der Waals surface area contributed by atoms with Gasteiger partial charge in [0.15, 0.2) is 0 Å². The number of nitriles is 1. The van der Waals surface area contributed by atoms with Gasteiger partial charge in [0.1, 0.15) is 11.4 Å². The van der Waals surface area contributed by atoms with Gasteiger partial charge in [0.25, 0.3) is 0 Å². The van der Waals surface area contributed by atoms with Crippen molar-refractivity contribution in [2.24, 2.45) is 0 Å². The minimum absolute atomic E-state index is 0.301. The number of aromatic nitrogens is 3. The SMILES string of the molecule is CC(C)(C)OC(=O)N1CCN(c2nc(Nc3ccc(C#N)cc3)cc(-c3cncs3)n2)CC1. The molecule has 10 heteroatoms. The maximum absolute atomic E-state index is 12.4. The summed E-state index contributed by atoms with van der Waals surface area (Å²) < 4.78 is 5.49. The highest BCUT2D eigenvalue weighted by atomic mass is 32.1. The van der Waals surface area contributed by atoms with Gasteiger partial charge < -0.3 is 19.9 Å². The fourth-order valence-electron chi connectivity index (χ4n) is 3.30. The standard InChI is InChI=1S/C23H25N7O2S/c1-23(2,3)32-22(31)30-10-8-29(9-11-30)21-27-18(19-14-25-15-33-19)12-20(28-21)26-17-6-4-16(13-24)5-7-17/h4-7,12,14-15H,8-11H2,1-3H3,(H,26,27,28). The van der Waals surface area contributed by atoms with Crippen molar-refractivity contribution in [1.29, 1.82) is 5.26 Å². The Morgan fingerprint density at radius 2 is 1.88 bits per heavy atom. The molecular weight excluding hydrogens is 438 g/mol. The Labute approximate surface area is 196 Å². The van der Waals surface area contributed by atoms with Crippen LogP contribution in [-0.4, -0.2) is 57.7 Å². The van der Waals surface area contributed by atoms with Crippen molar-refractivity contribution in [2.45, 2.75) is 26.4 Å². The van der Waals surface area contributed by atoms with Gasteiger partial charge in [-0.15, -0.1) is 11.3 Å². The molecule has 1 fully saturated rings. The zero-order valence-corrected chi connectivity index (χ0v) is 19.6. The maximum Gasteiger partial charge on any atom is 0.410 e. The average molecular weight is 464 g/mol. The van der Waals surface area contributed by atoms with Crippen LogP contribution in [0.25, 0.3) is 10.6 Å². The molecule has 0 unspecified atom stereocenters. The number of amides is 1. The number of carbonyl (C=O) groups is 1. The molecule has 2 aromatic heterocycles. The van der Waals surface area contributed by atoms with Gasteiger partial charge in [-0.2, -0.15) is 10.2 Å². The van der Waals surface area contributed by atoms with Crippen molar-refractivity contribution in [1.82, 2.24) is 19.9 Å². The molecule has 3 heterocycles. The minimum Gasteiger partial charge on any atom is -0.444 e. The Kier molecular flexibility index (Phi) is 6.42. The zero-order valence-electron chi connectivity index (χ0n) is 18.8. The molecule has 3 aromatic rings. The van der Waals surface area contributed by atoms with Crippen molar-refractivity contribution in [2.75, 3.05) is 36.4 Å². The number of piperazine rings is 1. The lowest BCUT2D eigenvalue weighted by Gasteiger charge is -2.35.